The molecule has 17 heavy (non-hydrogen) atoms. The molecule has 2 rings (SSSR count). The number of Topliss-reactive ketones (excluding diaryl/α,β-unsaturated/α-hetero) is 1. The zero-order valence-corrected chi connectivity index (χ0v) is 11.5. The van der Waals surface area contributed by atoms with Crippen LogP contribution >= 0.6 is 11.6 Å². The fraction of sp³-hybridized carbons (Fsp3) is 0.417. The highest BCUT2D eigenvalue weighted by Gasteiger charge is 2.15. The van der Waals surface area contributed by atoms with Gasteiger partial charge in [-0.3, -0.25) is 9.48 Å². The molecule has 0 bridgehead atoms. The number of halogens is 1. The van der Waals surface area contributed by atoms with Crippen LogP contribution in [-0.4, -0.2) is 20.5 Å². The van der Waals surface area contributed by atoms with Gasteiger partial charge in [-0.1, -0.05) is 25.4 Å². The maximum atomic E-state index is 11.3. The fourth-order valence-electron chi connectivity index (χ4n) is 1.61. The van der Waals surface area contributed by atoms with Crippen LogP contribution in [0.3, 0.4) is 0 Å². The van der Waals surface area contributed by atoms with Gasteiger partial charge in [-0.25, -0.2) is 4.98 Å². The molecule has 0 aromatic carbocycles. The third kappa shape index (κ3) is 2.31. The van der Waals surface area contributed by atoms with E-state index in [2.05, 4.69) is 10.1 Å². The third-order valence-electron chi connectivity index (χ3n) is 2.34. The van der Waals surface area contributed by atoms with Gasteiger partial charge in [0.05, 0.1) is 21.7 Å². The van der Waals surface area contributed by atoms with E-state index in [9.17, 15) is 4.79 Å². The summed E-state index contributed by atoms with van der Waals surface area (Å²) in [5.41, 5.74) is 1.93. The number of ketones is 1. The Balaban J connectivity index is 0.000000686. The molecule has 5 heteroatoms. The number of aromatic nitrogens is 3. The second-order valence-electron chi connectivity index (χ2n) is 3.45. The molecule has 0 fully saturated rings. The van der Waals surface area contributed by atoms with Crippen molar-refractivity contribution in [3.63, 3.8) is 0 Å². The van der Waals surface area contributed by atoms with E-state index in [1.807, 2.05) is 20.8 Å². The maximum Gasteiger partial charge on any atom is 0.162 e. The number of fused-ring (bicyclic) bond motifs is 1. The fourth-order valence-corrected chi connectivity index (χ4v) is 2.02. The summed E-state index contributed by atoms with van der Waals surface area (Å²) in [7, 11) is 1.80. The summed E-state index contributed by atoms with van der Waals surface area (Å²) < 4.78 is 1.65. The number of carbonyl (C=O) groups excluding carboxylic acids is 1. The van der Waals surface area contributed by atoms with E-state index in [1.165, 1.54) is 13.1 Å². The molecule has 0 unspecified atom stereocenters. The lowest BCUT2D eigenvalue weighted by molar-refractivity contribution is 0.101. The van der Waals surface area contributed by atoms with E-state index >= 15 is 0 Å². The van der Waals surface area contributed by atoms with Crippen molar-refractivity contribution in [2.45, 2.75) is 27.7 Å². The molecule has 0 aliphatic carbocycles. The Morgan fingerprint density at radius 1 is 1.41 bits per heavy atom. The van der Waals surface area contributed by atoms with E-state index in [4.69, 9.17) is 11.6 Å². The second-order valence-corrected chi connectivity index (χ2v) is 3.83. The van der Waals surface area contributed by atoms with Crippen LogP contribution in [0.25, 0.3) is 11.0 Å². The summed E-state index contributed by atoms with van der Waals surface area (Å²) in [6, 6.07) is 0. The summed E-state index contributed by atoms with van der Waals surface area (Å²) in [5.74, 6) is -0.0855. The molecular formula is C12H16ClN3O. The quantitative estimate of drug-likeness (QED) is 0.734. The van der Waals surface area contributed by atoms with E-state index < -0.39 is 0 Å². The lowest BCUT2D eigenvalue weighted by Crippen LogP contribution is -1.97. The van der Waals surface area contributed by atoms with Crippen molar-refractivity contribution in [3.8, 4) is 0 Å². The number of nitrogens with zero attached hydrogens (tertiary/aromatic N) is 3. The zero-order valence-electron chi connectivity index (χ0n) is 10.7. The van der Waals surface area contributed by atoms with Gasteiger partial charge in [0.25, 0.3) is 0 Å². The SMILES string of the molecule is CC.CC(=O)c1cnc2c(c(C)nn2C)c1Cl. The molecule has 0 atom stereocenters. The van der Waals surface area contributed by atoms with Gasteiger partial charge in [-0.2, -0.15) is 5.10 Å². The number of aryl methyl sites for hydroxylation is 2. The summed E-state index contributed by atoms with van der Waals surface area (Å²) >= 11 is 6.14. The average molecular weight is 254 g/mol. The lowest BCUT2D eigenvalue weighted by atomic mass is 10.1. The van der Waals surface area contributed by atoms with Crippen molar-refractivity contribution in [1.29, 1.82) is 0 Å². The smallest absolute Gasteiger partial charge is 0.162 e. The first-order chi connectivity index (χ1) is 8.02. The van der Waals surface area contributed by atoms with Crippen LogP contribution in [0, 0.1) is 6.92 Å². The van der Waals surface area contributed by atoms with Crippen molar-refractivity contribution in [2.75, 3.05) is 0 Å². The summed E-state index contributed by atoms with van der Waals surface area (Å²) in [6.45, 7) is 7.32. The first-order valence-electron chi connectivity index (χ1n) is 5.51. The Morgan fingerprint density at radius 3 is 2.53 bits per heavy atom. The number of hydrogen-bond donors (Lipinski definition) is 0. The lowest BCUT2D eigenvalue weighted by Gasteiger charge is -2.01. The van der Waals surface area contributed by atoms with Gasteiger partial charge in [-0.15, -0.1) is 0 Å². The van der Waals surface area contributed by atoms with Crippen LogP contribution in [0.1, 0.15) is 36.8 Å². The Kier molecular flexibility index (Phi) is 4.23. The molecular weight excluding hydrogens is 238 g/mol. The van der Waals surface area contributed by atoms with E-state index in [0.717, 1.165) is 11.1 Å². The Morgan fingerprint density at radius 2 is 2.00 bits per heavy atom. The van der Waals surface area contributed by atoms with Gasteiger partial charge < -0.3 is 0 Å². The monoisotopic (exact) mass is 253 g/mol. The molecule has 2 aromatic rings. The number of carbonyl (C=O) groups is 1. The Labute approximate surface area is 106 Å². The van der Waals surface area contributed by atoms with Crippen molar-refractivity contribution >= 4 is 28.4 Å². The zero-order chi connectivity index (χ0) is 13.2. The van der Waals surface area contributed by atoms with Gasteiger partial charge in [0.15, 0.2) is 11.4 Å². The third-order valence-corrected chi connectivity index (χ3v) is 2.74. The molecule has 0 N–H and O–H groups in total. The molecule has 0 amide bonds. The second kappa shape index (κ2) is 5.27. The molecule has 4 nitrogen and oxygen atoms in total. The van der Waals surface area contributed by atoms with Crippen LogP contribution < -0.4 is 0 Å². The maximum absolute atomic E-state index is 11.3. The molecule has 92 valence electrons. The highest BCUT2D eigenvalue weighted by molar-refractivity contribution is 6.38. The van der Waals surface area contributed by atoms with Crippen LogP contribution in [0.2, 0.25) is 5.02 Å². The largest absolute Gasteiger partial charge is 0.294 e. The number of pyridine rings is 1. The highest BCUT2D eigenvalue weighted by atomic mass is 35.5. The molecule has 2 aromatic heterocycles. The first kappa shape index (κ1) is 13.6. The Hall–Kier alpha value is -1.42. The van der Waals surface area contributed by atoms with Gasteiger partial charge in [-0.05, 0) is 13.8 Å². The van der Waals surface area contributed by atoms with Crippen LogP contribution in [-0.2, 0) is 7.05 Å². The van der Waals surface area contributed by atoms with Crippen molar-refractivity contribution < 1.29 is 4.79 Å². The molecule has 0 radical (unpaired) electrons. The summed E-state index contributed by atoms with van der Waals surface area (Å²) in [4.78, 5) is 15.5. The van der Waals surface area contributed by atoms with Crippen LogP contribution in [0.5, 0.6) is 0 Å². The van der Waals surface area contributed by atoms with E-state index in [-0.39, 0.29) is 5.78 Å². The minimum absolute atomic E-state index is 0.0855. The molecule has 0 saturated carbocycles. The molecule has 0 aliphatic heterocycles. The van der Waals surface area contributed by atoms with E-state index in [0.29, 0.717) is 16.2 Å². The van der Waals surface area contributed by atoms with Crippen LogP contribution in [0.15, 0.2) is 6.20 Å². The summed E-state index contributed by atoms with van der Waals surface area (Å²) in [5, 5.41) is 5.41. The number of rotatable bonds is 1. The standard InChI is InChI=1S/C10H10ClN3O.C2H6/c1-5-8-9(11)7(6(2)15)4-12-10(8)14(3)13-5;1-2/h4H,1-3H3;1-2H3. The molecule has 0 spiro atoms. The van der Waals surface area contributed by atoms with Crippen molar-refractivity contribution in [3.05, 3.63) is 22.5 Å². The Bertz CT molecular complexity index is 560. The highest BCUT2D eigenvalue weighted by Crippen LogP contribution is 2.27. The minimum Gasteiger partial charge on any atom is -0.294 e. The predicted octanol–water partition coefficient (Wildman–Crippen LogP) is 3.16. The normalized spacial score (nSPS) is 10.0. The predicted molar refractivity (Wildman–Crippen MR) is 69.6 cm³/mol. The van der Waals surface area contributed by atoms with Crippen LogP contribution in [0.4, 0.5) is 0 Å². The van der Waals surface area contributed by atoms with E-state index in [1.54, 1.807) is 11.7 Å². The molecule has 0 saturated heterocycles. The molecule has 0 aliphatic rings. The van der Waals surface area contributed by atoms with Crippen molar-refractivity contribution in [1.82, 2.24) is 14.8 Å². The van der Waals surface area contributed by atoms with Gasteiger partial charge >= 0.3 is 0 Å². The van der Waals surface area contributed by atoms with Gasteiger partial charge in [0.1, 0.15) is 0 Å². The number of hydrogen-bond acceptors (Lipinski definition) is 3. The topological polar surface area (TPSA) is 47.8 Å². The average Bonchev–Trinajstić information content (AvgIpc) is 2.58. The molecule has 2 heterocycles. The van der Waals surface area contributed by atoms with Gasteiger partial charge in [0.2, 0.25) is 0 Å². The van der Waals surface area contributed by atoms with Crippen molar-refractivity contribution in [2.24, 2.45) is 7.05 Å². The summed E-state index contributed by atoms with van der Waals surface area (Å²) in [6.07, 6.45) is 1.49. The first-order valence-corrected chi connectivity index (χ1v) is 5.89. The van der Waals surface area contributed by atoms with Gasteiger partial charge in [0, 0.05) is 13.2 Å². The minimum atomic E-state index is -0.0855.